The molecule has 0 saturated heterocycles. The van der Waals surface area contributed by atoms with Gasteiger partial charge in [0.15, 0.2) is 5.82 Å². The molecule has 2 heterocycles. The summed E-state index contributed by atoms with van der Waals surface area (Å²) < 4.78 is 4.03. The van der Waals surface area contributed by atoms with E-state index in [1.165, 1.54) is 0 Å². The van der Waals surface area contributed by atoms with Gasteiger partial charge in [-0.25, -0.2) is 0 Å². The fraction of sp³-hybridized carbons (Fsp3) is 0.143. The molecule has 0 saturated carbocycles. The first-order valence-electron chi connectivity index (χ1n) is 3.47. The SMILES string of the molecule is Cn1cnnc1-c1cc(Br)sc1Br. The van der Waals surface area contributed by atoms with Crippen molar-refractivity contribution < 1.29 is 0 Å². The highest BCUT2D eigenvalue weighted by Gasteiger charge is 2.11. The number of thiophene rings is 1. The van der Waals surface area contributed by atoms with Gasteiger partial charge in [-0.05, 0) is 37.9 Å². The predicted octanol–water partition coefficient (Wildman–Crippen LogP) is 3.07. The van der Waals surface area contributed by atoms with E-state index in [0.29, 0.717) is 0 Å². The highest BCUT2D eigenvalue weighted by Crippen LogP contribution is 2.37. The van der Waals surface area contributed by atoms with Crippen LogP contribution in [0.2, 0.25) is 0 Å². The fourth-order valence-electron chi connectivity index (χ4n) is 1.02. The van der Waals surface area contributed by atoms with Crippen LogP contribution in [-0.4, -0.2) is 14.8 Å². The van der Waals surface area contributed by atoms with E-state index in [0.717, 1.165) is 19.0 Å². The summed E-state index contributed by atoms with van der Waals surface area (Å²) in [5, 5.41) is 7.86. The van der Waals surface area contributed by atoms with Crippen molar-refractivity contribution in [2.45, 2.75) is 0 Å². The monoisotopic (exact) mass is 321 g/mol. The van der Waals surface area contributed by atoms with E-state index in [1.807, 2.05) is 17.7 Å². The Morgan fingerprint density at radius 1 is 1.46 bits per heavy atom. The smallest absolute Gasteiger partial charge is 0.165 e. The van der Waals surface area contributed by atoms with Crippen molar-refractivity contribution >= 4 is 43.2 Å². The molecule has 13 heavy (non-hydrogen) atoms. The molecule has 6 heteroatoms. The Morgan fingerprint density at radius 2 is 2.23 bits per heavy atom. The topological polar surface area (TPSA) is 30.7 Å². The van der Waals surface area contributed by atoms with Gasteiger partial charge >= 0.3 is 0 Å². The van der Waals surface area contributed by atoms with Gasteiger partial charge in [-0.15, -0.1) is 21.5 Å². The first-order chi connectivity index (χ1) is 6.18. The minimum Gasteiger partial charge on any atom is -0.317 e. The number of rotatable bonds is 1. The zero-order valence-electron chi connectivity index (χ0n) is 6.66. The van der Waals surface area contributed by atoms with Crippen LogP contribution in [0.25, 0.3) is 11.4 Å². The Balaban J connectivity index is 2.58. The second-order valence-corrected chi connectivity index (χ2v) is 6.25. The van der Waals surface area contributed by atoms with Gasteiger partial charge in [0.2, 0.25) is 0 Å². The molecule has 68 valence electrons. The number of hydrogen-bond donors (Lipinski definition) is 0. The summed E-state index contributed by atoms with van der Waals surface area (Å²) >= 11 is 8.53. The summed E-state index contributed by atoms with van der Waals surface area (Å²) in [6.45, 7) is 0. The molecule has 0 N–H and O–H groups in total. The summed E-state index contributed by atoms with van der Waals surface area (Å²) in [7, 11) is 1.92. The second kappa shape index (κ2) is 3.51. The molecular weight excluding hydrogens is 318 g/mol. The van der Waals surface area contributed by atoms with Crippen LogP contribution in [0.4, 0.5) is 0 Å². The third-order valence-corrected chi connectivity index (χ3v) is 3.95. The van der Waals surface area contributed by atoms with Gasteiger partial charge in [0.1, 0.15) is 6.33 Å². The normalized spacial score (nSPS) is 10.7. The molecule has 2 aromatic heterocycles. The molecule has 2 aromatic rings. The third-order valence-electron chi connectivity index (χ3n) is 1.61. The standard InChI is InChI=1S/C7H5Br2N3S/c1-12-3-10-11-7(12)4-2-5(8)13-6(4)9/h2-3H,1H3. The van der Waals surface area contributed by atoms with E-state index >= 15 is 0 Å². The first-order valence-corrected chi connectivity index (χ1v) is 5.88. The largest absolute Gasteiger partial charge is 0.317 e. The molecule has 0 radical (unpaired) electrons. The molecule has 2 rings (SSSR count). The van der Waals surface area contributed by atoms with Gasteiger partial charge in [-0.3, -0.25) is 0 Å². The van der Waals surface area contributed by atoms with Gasteiger partial charge in [-0.1, -0.05) is 0 Å². The Morgan fingerprint density at radius 3 is 2.69 bits per heavy atom. The van der Waals surface area contributed by atoms with E-state index in [9.17, 15) is 0 Å². The molecule has 0 aliphatic rings. The summed E-state index contributed by atoms with van der Waals surface area (Å²) in [6, 6.07) is 2.03. The number of halogens is 2. The Labute approximate surface area is 96.1 Å². The maximum Gasteiger partial charge on any atom is 0.165 e. The van der Waals surface area contributed by atoms with Gasteiger partial charge < -0.3 is 4.57 Å². The lowest BCUT2D eigenvalue weighted by Gasteiger charge is -1.96. The van der Waals surface area contributed by atoms with E-state index in [4.69, 9.17) is 0 Å². The molecule has 0 aliphatic carbocycles. The average molecular weight is 323 g/mol. The van der Waals surface area contributed by atoms with Gasteiger partial charge in [0.25, 0.3) is 0 Å². The van der Waals surface area contributed by atoms with Gasteiger partial charge in [0.05, 0.1) is 7.57 Å². The molecule has 0 unspecified atom stereocenters. The van der Waals surface area contributed by atoms with E-state index in [-0.39, 0.29) is 0 Å². The highest BCUT2D eigenvalue weighted by atomic mass is 79.9. The quantitative estimate of drug-likeness (QED) is 0.808. The predicted molar refractivity (Wildman–Crippen MR) is 59.7 cm³/mol. The molecule has 0 spiro atoms. The maximum atomic E-state index is 4.03. The van der Waals surface area contributed by atoms with Crippen LogP contribution >= 0.6 is 43.2 Å². The zero-order valence-corrected chi connectivity index (χ0v) is 10.6. The number of aryl methyl sites for hydroxylation is 1. The number of hydrogen-bond acceptors (Lipinski definition) is 3. The molecular formula is C7H5Br2N3S. The lowest BCUT2D eigenvalue weighted by Crippen LogP contribution is -1.89. The minimum atomic E-state index is 0.869. The Bertz CT molecular complexity index is 435. The molecule has 0 bridgehead atoms. The van der Waals surface area contributed by atoms with Crippen molar-refractivity contribution in [3.63, 3.8) is 0 Å². The summed E-state index contributed by atoms with van der Waals surface area (Å²) in [5.74, 6) is 0.869. The van der Waals surface area contributed by atoms with E-state index in [2.05, 4.69) is 42.1 Å². The second-order valence-electron chi connectivity index (χ2n) is 2.50. The molecule has 0 fully saturated rings. The van der Waals surface area contributed by atoms with E-state index < -0.39 is 0 Å². The summed E-state index contributed by atoms with van der Waals surface area (Å²) in [6.07, 6.45) is 1.69. The first kappa shape index (κ1) is 9.36. The minimum absolute atomic E-state index is 0.869. The van der Waals surface area contributed by atoms with Crippen LogP contribution in [0.15, 0.2) is 20.0 Å². The van der Waals surface area contributed by atoms with Crippen LogP contribution in [-0.2, 0) is 7.05 Å². The van der Waals surface area contributed by atoms with Crippen LogP contribution in [0.3, 0.4) is 0 Å². The molecule has 0 aromatic carbocycles. The van der Waals surface area contributed by atoms with Crippen molar-refractivity contribution in [2.24, 2.45) is 7.05 Å². The van der Waals surface area contributed by atoms with Crippen LogP contribution in [0.1, 0.15) is 0 Å². The van der Waals surface area contributed by atoms with E-state index in [1.54, 1.807) is 17.7 Å². The Hall–Kier alpha value is -0.200. The summed E-state index contributed by atoms with van der Waals surface area (Å²) in [4.78, 5) is 0. The average Bonchev–Trinajstić information content (AvgIpc) is 2.58. The van der Waals surface area contributed by atoms with Crippen LogP contribution in [0, 0.1) is 0 Å². The maximum absolute atomic E-state index is 4.03. The number of nitrogens with zero attached hydrogens (tertiary/aromatic N) is 3. The van der Waals surface area contributed by atoms with Crippen LogP contribution in [0.5, 0.6) is 0 Å². The van der Waals surface area contributed by atoms with Crippen molar-refractivity contribution in [3.8, 4) is 11.4 Å². The van der Waals surface area contributed by atoms with Crippen molar-refractivity contribution in [2.75, 3.05) is 0 Å². The van der Waals surface area contributed by atoms with Crippen LogP contribution < -0.4 is 0 Å². The lowest BCUT2D eigenvalue weighted by atomic mass is 10.3. The number of aromatic nitrogens is 3. The highest BCUT2D eigenvalue weighted by molar-refractivity contribution is 9.12. The fourth-order valence-corrected chi connectivity index (χ4v) is 3.81. The van der Waals surface area contributed by atoms with Gasteiger partial charge in [0, 0.05) is 12.6 Å². The lowest BCUT2D eigenvalue weighted by molar-refractivity contribution is 0.920. The van der Waals surface area contributed by atoms with Crippen molar-refractivity contribution in [1.82, 2.24) is 14.8 Å². The molecule has 3 nitrogen and oxygen atoms in total. The molecule has 0 amide bonds. The molecule has 0 aliphatic heterocycles. The zero-order chi connectivity index (χ0) is 9.42. The molecule has 0 atom stereocenters. The van der Waals surface area contributed by atoms with Crippen molar-refractivity contribution in [3.05, 3.63) is 20.0 Å². The summed E-state index contributed by atoms with van der Waals surface area (Å²) in [5.41, 5.74) is 1.07. The van der Waals surface area contributed by atoms with Gasteiger partial charge in [-0.2, -0.15) is 0 Å². The third kappa shape index (κ3) is 1.70. The Kier molecular flexibility index (Phi) is 2.53. The van der Waals surface area contributed by atoms with Crippen molar-refractivity contribution in [1.29, 1.82) is 0 Å².